The maximum Gasteiger partial charge on any atom is 0.313 e. The molecule has 1 N–H and O–H groups in total. The highest BCUT2D eigenvalue weighted by Crippen LogP contribution is 2.32. The van der Waals surface area contributed by atoms with E-state index in [2.05, 4.69) is 25.8 Å². The Morgan fingerprint density at radius 2 is 2.17 bits per heavy atom. The van der Waals surface area contributed by atoms with Gasteiger partial charge in [-0.15, -0.1) is 0 Å². The molecule has 100 valence electrons. The Balaban J connectivity index is 3.11. The van der Waals surface area contributed by atoms with E-state index in [9.17, 15) is 9.59 Å². The molecule has 0 saturated carbocycles. The summed E-state index contributed by atoms with van der Waals surface area (Å²) in [6.45, 7) is 8.28. The number of rotatable bonds is 4. The van der Waals surface area contributed by atoms with Crippen LogP contribution in [0.25, 0.3) is 0 Å². The molecule has 0 bridgehead atoms. The van der Waals surface area contributed by atoms with Gasteiger partial charge in [0, 0.05) is 18.3 Å². The van der Waals surface area contributed by atoms with Crippen LogP contribution < -0.4 is 5.56 Å². The Morgan fingerprint density at radius 1 is 1.56 bits per heavy atom. The monoisotopic (exact) mass is 270 g/mol. The number of hydrogen-bond donors (Lipinski definition) is 1. The SMILES string of the molecule is CC(n1ccc(=O)nc1SCC(=O)O)C(C)(C)C. The van der Waals surface area contributed by atoms with E-state index in [-0.39, 0.29) is 22.8 Å². The fourth-order valence-corrected chi connectivity index (χ4v) is 2.12. The minimum absolute atomic E-state index is 0.00468. The van der Waals surface area contributed by atoms with Crippen LogP contribution in [0.1, 0.15) is 33.7 Å². The number of carboxylic acid groups (broad SMARTS) is 1. The second-order valence-corrected chi connectivity index (χ2v) is 6.12. The standard InChI is InChI=1S/C12H18N2O3S/c1-8(12(2,3)4)14-6-5-9(15)13-11(14)18-7-10(16)17/h5-6,8H,7H2,1-4H3,(H,16,17). The van der Waals surface area contributed by atoms with Crippen LogP contribution in [0.4, 0.5) is 0 Å². The molecule has 0 fully saturated rings. The average molecular weight is 270 g/mol. The lowest BCUT2D eigenvalue weighted by atomic mass is 9.88. The molecule has 0 aliphatic rings. The van der Waals surface area contributed by atoms with E-state index >= 15 is 0 Å². The van der Waals surface area contributed by atoms with Crippen molar-refractivity contribution >= 4 is 17.7 Å². The summed E-state index contributed by atoms with van der Waals surface area (Å²) in [4.78, 5) is 25.8. The van der Waals surface area contributed by atoms with Crippen molar-refractivity contribution in [3.63, 3.8) is 0 Å². The molecule has 0 amide bonds. The molecule has 1 aromatic rings. The van der Waals surface area contributed by atoms with Gasteiger partial charge in [0.15, 0.2) is 5.16 Å². The van der Waals surface area contributed by atoms with Gasteiger partial charge in [-0.25, -0.2) is 0 Å². The predicted molar refractivity (Wildman–Crippen MR) is 71.0 cm³/mol. The third-order valence-corrected chi connectivity index (χ3v) is 3.75. The normalized spacial score (nSPS) is 13.3. The fourth-order valence-electron chi connectivity index (χ4n) is 1.34. The van der Waals surface area contributed by atoms with Gasteiger partial charge >= 0.3 is 5.97 Å². The van der Waals surface area contributed by atoms with E-state index in [4.69, 9.17) is 5.11 Å². The van der Waals surface area contributed by atoms with Crippen molar-refractivity contribution < 1.29 is 9.90 Å². The van der Waals surface area contributed by atoms with E-state index in [1.165, 1.54) is 6.07 Å². The van der Waals surface area contributed by atoms with Crippen LogP contribution in [0.3, 0.4) is 0 Å². The van der Waals surface area contributed by atoms with E-state index in [1.54, 1.807) is 6.20 Å². The van der Waals surface area contributed by atoms with Crippen molar-refractivity contribution in [2.24, 2.45) is 5.41 Å². The first-order valence-corrected chi connectivity index (χ1v) is 6.64. The van der Waals surface area contributed by atoms with Gasteiger partial charge in [-0.1, -0.05) is 32.5 Å². The zero-order valence-electron chi connectivity index (χ0n) is 11.0. The molecule has 1 heterocycles. The minimum Gasteiger partial charge on any atom is -0.481 e. The molecule has 0 aliphatic heterocycles. The summed E-state index contributed by atoms with van der Waals surface area (Å²) in [5.74, 6) is -1.03. The topological polar surface area (TPSA) is 72.2 Å². The van der Waals surface area contributed by atoms with Gasteiger partial charge in [0.1, 0.15) is 0 Å². The quantitative estimate of drug-likeness (QED) is 0.669. The molecule has 5 nitrogen and oxygen atoms in total. The first-order chi connectivity index (χ1) is 8.21. The van der Waals surface area contributed by atoms with Gasteiger partial charge in [0.2, 0.25) is 0 Å². The molecular weight excluding hydrogens is 252 g/mol. The van der Waals surface area contributed by atoms with Crippen molar-refractivity contribution in [2.75, 3.05) is 5.75 Å². The highest BCUT2D eigenvalue weighted by atomic mass is 32.2. The molecule has 1 aromatic heterocycles. The summed E-state index contributed by atoms with van der Waals surface area (Å²) < 4.78 is 1.86. The van der Waals surface area contributed by atoms with Crippen molar-refractivity contribution in [3.05, 3.63) is 22.6 Å². The van der Waals surface area contributed by atoms with Crippen LogP contribution in [0.15, 0.2) is 22.2 Å². The number of aliphatic carboxylic acids is 1. The second-order valence-electron chi connectivity index (χ2n) is 5.18. The number of carbonyl (C=O) groups is 1. The van der Waals surface area contributed by atoms with Crippen molar-refractivity contribution in [1.29, 1.82) is 0 Å². The maximum absolute atomic E-state index is 11.3. The molecule has 1 atom stereocenters. The van der Waals surface area contributed by atoms with Gasteiger partial charge in [-0.2, -0.15) is 4.98 Å². The van der Waals surface area contributed by atoms with Crippen molar-refractivity contribution in [2.45, 2.75) is 38.9 Å². The number of carboxylic acids is 1. The molecule has 0 radical (unpaired) electrons. The third kappa shape index (κ3) is 3.87. The van der Waals surface area contributed by atoms with Crippen LogP contribution in [0.5, 0.6) is 0 Å². The Bertz CT molecular complexity index is 491. The molecule has 0 spiro atoms. The van der Waals surface area contributed by atoms with Crippen molar-refractivity contribution in [3.8, 4) is 0 Å². The predicted octanol–water partition coefficient (Wildman–Crippen LogP) is 2.03. The zero-order valence-corrected chi connectivity index (χ0v) is 11.8. The number of aromatic nitrogens is 2. The van der Waals surface area contributed by atoms with Crippen LogP contribution >= 0.6 is 11.8 Å². The van der Waals surface area contributed by atoms with Crippen LogP contribution in [-0.4, -0.2) is 26.4 Å². The van der Waals surface area contributed by atoms with Crippen LogP contribution in [-0.2, 0) is 4.79 Å². The molecule has 0 aromatic carbocycles. The number of thioether (sulfide) groups is 1. The summed E-state index contributed by atoms with van der Waals surface area (Å²) in [6.07, 6.45) is 1.68. The van der Waals surface area contributed by atoms with Gasteiger partial charge in [0.05, 0.1) is 5.75 Å². The van der Waals surface area contributed by atoms with Crippen LogP contribution in [0.2, 0.25) is 0 Å². The second kappa shape index (κ2) is 5.56. The largest absolute Gasteiger partial charge is 0.481 e. The summed E-state index contributed by atoms with van der Waals surface area (Å²) >= 11 is 1.07. The summed E-state index contributed by atoms with van der Waals surface area (Å²) in [7, 11) is 0. The molecular formula is C12H18N2O3S. The third-order valence-electron chi connectivity index (χ3n) is 2.80. The van der Waals surface area contributed by atoms with Crippen LogP contribution in [0, 0.1) is 5.41 Å². The van der Waals surface area contributed by atoms with Gasteiger partial charge < -0.3 is 9.67 Å². The number of hydrogen-bond acceptors (Lipinski definition) is 4. The van der Waals surface area contributed by atoms with E-state index < -0.39 is 5.97 Å². The first-order valence-electron chi connectivity index (χ1n) is 5.65. The molecule has 6 heteroatoms. The Labute approximate surface area is 110 Å². The Morgan fingerprint density at radius 3 is 2.67 bits per heavy atom. The molecule has 1 rings (SSSR count). The summed E-state index contributed by atoms with van der Waals surface area (Å²) in [6, 6.07) is 1.51. The summed E-state index contributed by atoms with van der Waals surface area (Å²) in [5, 5.41) is 9.15. The fraction of sp³-hybridized carbons (Fsp3) is 0.583. The lowest BCUT2D eigenvalue weighted by molar-refractivity contribution is -0.133. The van der Waals surface area contributed by atoms with E-state index in [1.807, 2.05) is 11.5 Å². The van der Waals surface area contributed by atoms with Gasteiger partial charge in [-0.3, -0.25) is 9.59 Å². The van der Waals surface area contributed by atoms with Gasteiger partial charge in [-0.05, 0) is 12.3 Å². The lowest BCUT2D eigenvalue weighted by Gasteiger charge is -2.30. The minimum atomic E-state index is -0.923. The molecule has 1 unspecified atom stereocenters. The Hall–Kier alpha value is -1.30. The van der Waals surface area contributed by atoms with E-state index in [0.717, 1.165) is 11.8 Å². The van der Waals surface area contributed by atoms with Gasteiger partial charge in [0.25, 0.3) is 5.56 Å². The molecule has 0 saturated heterocycles. The maximum atomic E-state index is 11.3. The smallest absolute Gasteiger partial charge is 0.313 e. The Kier molecular flexibility index (Phi) is 4.56. The highest BCUT2D eigenvalue weighted by molar-refractivity contribution is 7.99. The molecule has 18 heavy (non-hydrogen) atoms. The molecule has 0 aliphatic carbocycles. The highest BCUT2D eigenvalue weighted by Gasteiger charge is 2.23. The van der Waals surface area contributed by atoms with Crippen molar-refractivity contribution in [1.82, 2.24) is 9.55 Å². The zero-order chi connectivity index (χ0) is 13.9. The average Bonchev–Trinajstić information content (AvgIpc) is 2.24. The van der Waals surface area contributed by atoms with E-state index in [0.29, 0.717) is 5.16 Å². The first kappa shape index (κ1) is 14.8. The number of nitrogens with zero attached hydrogens (tertiary/aromatic N) is 2. The summed E-state index contributed by atoms with van der Waals surface area (Å²) in [5.41, 5.74) is -0.352. The lowest BCUT2D eigenvalue weighted by Crippen LogP contribution is -2.25.